The van der Waals surface area contributed by atoms with Crippen LogP contribution in [-0.4, -0.2) is 24.6 Å². The molecule has 1 aliphatic heterocycles. The predicted molar refractivity (Wildman–Crippen MR) is 95.2 cm³/mol. The van der Waals surface area contributed by atoms with Crippen molar-refractivity contribution in [2.75, 3.05) is 13.1 Å². The third-order valence-corrected chi connectivity index (χ3v) is 4.55. The van der Waals surface area contributed by atoms with Gasteiger partial charge in [-0.1, -0.05) is 23.7 Å². The SMILES string of the molecule is O=C(NCc1cccc(F)c1)C1(Oc2ccc(Cl)cc2)CCNCC1. The molecule has 2 aromatic carbocycles. The van der Waals surface area contributed by atoms with Gasteiger partial charge < -0.3 is 15.4 Å². The van der Waals surface area contributed by atoms with E-state index in [1.54, 1.807) is 36.4 Å². The average molecular weight is 363 g/mol. The van der Waals surface area contributed by atoms with Gasteiger partial charge in [-0.2, -0.15) is 0 Å². The first-order valence-corrected chi connectivity index (χ1v) is 8.63. The van der Waals surface area contributed by atoms with Crippen molar-refractivity contribution in [2.45, 2.75) is 25.0 Å². The fourth-order valence-corrected chi connectivity index (χ4v) is 3.05. The van der Waals surface area contributed by atoms with Crippen LogP contribution in [0.25, 0.3) is 0 Å². The highest BCUT2D eigenvalue weighted by Crippen LogP contribution is 2.28. The molecule has 0 atom stereocenters. The largest absolute Gasteiger partial charge is 0.477 e. The van der Waals surface area contributed by atoms with E-state index in [1.165, 1.54) is 12.1 Å². The molecule has 0 aromatic heterocycles. The van der Waals surface area contributed by atoms with Crippen LogP contribution in [0, 0.1) is 5.82 Å². The van der Waals surface area contributed by atoms with Crippen molar-refractivity contribution in [2.24, 2.45) is 0 Å². The van der Waals surface area contributed by atoms with E-state index in [-0.39, 0.29) is 18.3 Å². The molecule has 0 radical (unpaired) electrons. The summed E-state index contributed by atoms with van der Waals surface area (Å²) in [5.41, 5.74) is -0.226. The van der Waals surface area contributed by atoms with Crippen molar-refractivity contribution in [3.8, 4) is 5.75 Å². The second-order valence-corrected chi connectivity index (χ2v) is 6.55. The molecule has 0 unspecified atom stereocenters. The summed E-state index contributed by atoms with van der Waals surface area (Å²) in [7, 11) is 0. The van der Waals surface area contributed by atoms with Gasteiger partial charge in [-0.15, -0.1) is 0 Å². The van der Waals surface area contributed by atoms with E-state index in [4.69, 9.17) is 16.3 Å². The molecule has 0 spiro atoms. The van der Waals surface area contributed by atoms with Gasteiger partial charge in [0.25, 0.3) is 5.91 Å². The molecule has 1 aliphatic rings. The maximum absolute atomic E-state index is 13.3. The molecule has 4 nitrogen and oxygen atoms in total. The number of nitrogens with one attached hydrogen (secondary N) is 2. The Morgan fingerprint density at radius 2 is 1.92 bits per heavy atom. The van der Waals surface area contributed by atoms with Crippen LogP contribution in [0.5, 0.6) is 5.75 Å². The van der Waals surface area contributed by atoms with Crippen LogP contribution in [0.1, 0.15) is 18.4 Å². The lowest BCUT2D eigenvalue weighted by atomic mass is 9.90. The summed E-state index contributed by atoms with van der Waals surface area (Å²) in [6, 6.07) is 13.2. The molecular formula is C19H20ClFN2O2. The highest BCUT2D eigenvalue weighted by molar-refractivity contribution is 6.30. The van der Waals surface area contributed by atoms with Gasteiger partial charge in [0.2, 0.25) is 0 Å². The fourth-order valence-electron chi connectivity index (χ4n) is 2.92. The zero-order chi connectivity index (χ0) is 17.7. The Labute approximate surface area is 151 Å². The number of amides is 1. The second-order valence-electron chi connectivity index (χ2n) is 6.11. The van der Waals surface area contributed by atoms with Crippen molar-refractivity contribution in [1.82, 2.24) is 10.6 Å². The van der Waals surface area contributed by atoms with Gasteiger partial charge in [-0.25, -0.2) is 4.39 Å². The molecule has 1 fully saturated rings. The van der Waals surface area contributed by atoms with Gasteiger partial charge in [0, 0.05) is 24.4 Å². The van der Waals surface area contributed by atoms with Crippen LogP contribution in [0.4, 0.5) is 4.39 Å². The first-order chi connectivity index (χ1) is 12.1. The zero-order valence-electron chi connectivity index (χ0n) is 13.7. The molecule has 1 amide bonds. The highest BCUT2D eigenvalue weighted by atomic mass is 35.5. The van der Waals surface area contributed by atoms with E-state index in [2.05, 4.69) is 10.6 Å². The number of rotatable bonds is 5. The number of halogens is 2. The molecule has 2 aromatic rings. The summed E-state index contributed by atoms with van der Waals surface area (Å²) in [6.07, 6.45) is 1.12. The Hall–Kier alpha value is -2.11. The molecule has 0 aliphatic carbocycles. The highest BCUT2D eigenvalue weighted by Gasteiger charge is 2.41. The van der Waals surface area contributed by atoms with E-state index in [1.807, 2.05) is 0 Å². The van der Waals surface area contributed by atoms with E-state index in [9.17, 15) is 9.18 Å². The molecule has 2 N–H and O–H groups in total. The number of piperidine rings is 1. The van der Waals surface area contributed by atoms with Crippen LogP contribution >= 0.6 is 11.6 Å². The number of carbonyl (C=O) groups excluding carboxylic acids is 1. The predicted octanol–water partition coefficient (Wildman–Crippen LogP) is 3.30. The average Bonchev–Trinajstić information content (AvgIpc) is 2.62. The Bertz CT molecular complexity index is 730. The molecule has 6 heteroatoms. The zero-order valence-corrected chi connectivity index (χ0v) is 14.5. The minimum Gasteiger partial charge on any atom is -0.477 e. The molecule has 3 rings (SSSR count). The first kappa shape index (κ1) is 17.7. The molecule has 25 heavy (non-hydrogen) atoms. The van der Waals surface area contributed by atoms with E-state index >= 15 is 0 Å². The first-order valence-electron chi connectivity index (χ1n) is 8.25. The third-order valence-electron chi connectivity index (χ3n) is 4.29. The number of carbonyl (C=O) groups is 1. The summed E-state index contributed by atoms with van der Waals surface area (Å²) < 4.78 is 19.4. The van der Waals surface area contributed by atoms with Crippen LogP contribution < -0.4 is 15.4 Å². The van der Waals surface area contributed by atoms with Gasteiger partial charge in [-0.05, 0) is 55.1 Å². The van der Waals surface area contributed by atoms with Gasteiger partial charge in [-0.3, -0.25) is 4.79 Å². The Balaban J connectivity index is 1.72. The number of hydrogen-bond donors (Lipinski definition) is 2. The summed E-state index contributed by atoms with van der Waals surface area (Å²) in [5, 5.41) is 6.74. The maximum atomic E-state index is 13.3. The normalized spacial score (nSPS) is 16.2. The number of benzene rings is 2. The summed E-state index contributed by atoms with van der Waals surface area (Å²) >= 11 is 5.91. The van der Waals surface area contributed by atoms with Gasteiger partial charge in [0.05, 0.1) is 0 Å². The Morgan fingerprint density at radius 3 is 2.60 bits per heavy atom. The molecule has 0 saturated carbocycles. The quantitative estimate of drug-likeness (QED) is 0.858. The minimum absolute atomic E-state index is 0.187. The van der Waals surface area contributed by atoms with Gasteiger partial charge >= 0.3 is 0 Å². The summed E-state index contributed by atoms with van der Waals surface area (Å²) in [5.74, 6) is 0.0983. The second kappa shape index (κ2) is 7.85. The number of hydrogen-bond acceptors (Lipinski definition) is 3. The fraction of sp³-hybridized carbons (Fsp3) is 0.316. The maximum Gasteiger partial charge on any atom is 0.264 e. The standard InChI is InChI=1S/C19H20ClFN2O2/c20-15-4-6-17(7-5-15)25-19(8-10-22-11-9-19)18(24)23-13-14-2-1-3-16(21)12-14/h1-7,12,22H,8-11,13H2,(H,23,24). The van der Waals surface area contributed by atoms with Crippen LogP contribution in [0.3, 0.4) is 0 Å². The molecule has 1 saturated heterocycles. The minimum atomic E-state index is -0.938. The Kier molecular flexibility index (Phi) is 5.56. The number of ether oxygens (including phenoxy) is 1. The smallest absolute Gasteiger partial charge is 0.264 e. The monoisotopic (exact) mass is 362 g/mol. The molecule has 0 bridgehead atoms. The molecule has 1 heterocycles. The van der Waals surface area contributed by atoms with Crippen molar-refractivity contribution in [3.05, 3.63) is 64.9 Å². The van der Waals surface area contributed by atoms with E-state index < -0.39 is 5.60 Å². The van der Waals surface area contributed by atoms with E-state index in [0.29, 0.717) is 42.3 Å². The van der Waals surface area contributed by atoms with Crippen LogP contribution in [-0.2, 0) is 11.3 Å². The topological polar surface area (TPSA) is 50.4 Å². The Morgan fingerprint density at radius 1 is 1.20 bits per heavy atom. The van der Waals surface area contributed by atoms with Crippen molar-refractivity contribution in [1.29, 1.82) is 0 Å². The lowest BCUT2D eigenvalue weighted by Gasteiger charge is -2.36. The van der Waals surface area contributed by atoms with Crippen molar-refractivity contribution >= 4 is 17.5 Å². The van der Waals surface area contributed by atoms with Crippen molar-refractivity contribution in [3.63, 3.8) is 0 Å². The molecule has 132 valence electrons. The van der Waals surface area contributed by atoms with Gasteiger partial charge in [0.15, 0.2) is 5.60 Å². The lowest BCUT2D eigenvalue weighted by molar-refractivity contribution is -0.139. The van der Waals surface area contributed by atoms with Gasteiger partial charge in [0.1, 0.15) is 11.6 Å². The summed E-state index contributed by atoms with van der Waals surface area (Å²) in [6.45, 7) is 1.65. The van der Waals surface area contributed by atoms with Crippen LogP contribution in [0.2, 0.25) is 5.02 Å². The third kappa shape index (κ3) is 4.50. The van der Waals surface area contributed by atoms with E-state index in [0.717, 1.165) is 0 Å². The van der Waals surface area contributed by atoms with Crippen molar-refractivity contribution < 1.29 is 13.9 Å². The molecular weight excluding hydrogens is 343 g/mol. The summed E-state index contributed by atoms with van der Waals surface area (Å²) in [4.78, 5) is 12.9. The van der Waals surface area contributed by atoms with Crippen LogP contribution in [0.15, 0.2) is 48.5 Å². The lowest BCUT2D eigenvalue weighted by Crippen LogP contribution is -2.56.